The van der Waals surface area contributed by atoms with Crippen LogP contribution in [0.4, 0.5) is 5.00 Å². The molecule has 10 heteroatoms. The topological polar surface area (TPSA) is 112 Å². The number of hydrogen-bond donors (Lipinski definition) is 1. The number of anilines is 1. The lowest BCUT2D eigenvalue weighted by Gasteiger charge is -2.27. The number of rotatable bonds is 6. The summed E-state index contributed by atoms with van der Waals surface area (Å²) in [7, 11) is 1.32. The fourth-order valence-electron chi connectivity index (χ4n) is 3.49. The molecule has 1 aliphatic heterocycles. The molecule has 1 aliphatic rings. The van der Waals surface area contributed by atoms with E-state index in [2.05, 4.69) is 32.1 Å². The molecule has 0 saturated heterocycles. The van der Waals surface area contributed by atoms with Crippen LogP contribution in [-0.4, -0.2) is 35.7 Å². The van der Waals surface area contributed by atoms with Crippen molar-refractivity contribution in [1.82, 2.24) is 10.2 Å². The van der Waals surface area contributed by atoms with E-state index in [-0.39, 0.29) is 6.54 Å². The molecule has 3 heterocycles. The van der Waals surface area contributed by atoms with Crippen LogP contribution in [0.5, 0.6) is 5.95 Å². The van der Waals surface area contributed by atoms with Crippen LogP contribution in [-0.2, 0) is 35.6 Å². The predicted octanol–water partition coefficient (Wildman–Crippen LogP) is 1.08. The zero-order valence-corrected chi connectivity index (χ0v) is 17.1. The molecule has 0 bridgehead atoms. The number of nitrogens with one attached hydrogen (secondary N) is 1. The Labute approximate surface area is 176 Å². The highest BCUT2D eigenvalue weighted by Gasteiger charge is 2.29. The molecule has 0 aliphatic carbocycles. The van der Waals surface area contributed by atoms with E-state index in [1.807, 2.05) is 18.2 Å². The Bertz CT molecular complexity index is 1060. The molecule has 1 N–H and O–H groups in total. The minimum absolute atomic E-state index is 0.199. The van der Waals surface area contributed by atoms with E-state index in [9.17, 15) is 14.7 Å². The highest BCUT2D eigenvalue weighted by Crippen LogP contribution is 2.38. The molecule has 30 heavy (non-hydrogen) atoms. The molecular formula is C20H20N4O5S. The third kappa shape index (κ3) is 4.34. The Hall–Kier alpha value is -3.24. The predicted molar refractivity (Wildman–Crippen MR) is 105 cm³/mol. The van der Waals surface area contributed by atoms with E-state index in [4.69, 9.17) is 4.74 Å². The standard InChI is InChI=1S/C20H20N4O5S/c1-28-20(27)18-14-7-8-23(9-13-5-3-2-4-6-13)10-15(14)30-19(18)21-16(25)11-24-12-17(26)29-22-24/h2-6,12H,7-11H2,1H3,(H-,21,22,25,26,27). The van der Waals surface area contributed by atoms with E-state index in [0.717, 1.165) is 34.4 Å². The highest BCUT2D eigenvalue weighted by molar-refractivity contribution is 7.17. The lowest BCUT2D eigenvalue weighted by Crippen LogP contribution is -2.41. The van der Waals surface area contributed by atoms with Crippen molar-refractivity contribution in [2.45, 2.75) is 26.1 Å². The molecule has 4 rings (SSSR count). The van der Waals surface area contributed by atoms with Crippen molar-refractivity contribution < 1.29 is 28.6 Å². The number of carbonyl (C=O) groups excluding carboxylic acids is 2. The Kier molecular flexibility index (Phi) is 5.77. The maximum atomic E-state index is 12.4. The largest absolute Gasteiger partial charge is 0.539 e. The van der Waals surface area contributed by atoms with Gasteiger partial charge in [0.05, 0.1) is 17.9 Å². The Morgan fingerprint density at radius 3 is 2.87 bits per heavy atom. The van der Waals surface area contributed by atoms with E-state index in [1.54, 1.807) is 0 Å². The summed E-state index contributed by atoms with van der Waals surface area (Å²) in [6, 6.07) is 10.2. The summed E-state index contributed by atoms with van der Waals surface area (Å²) in [6.07, 6.45) is 1.78. The SMILES string of the molecule is COC(=O)c1c(NC(=O)C[n+]2cc([O-])on2)sc2c1CCN(Cc1ccccc1)C2. The van der Waals surface area contributed by atoms with Gasteiger partial charge in [-0.05, 0) is 17.5 Å². The highest BCUT2D eigenvalue weighted by atomic mass is 32.1. The quantitative estimate of drug-likeness (QED) is 0.462. The molecule has 0 saturated carbocycles. The average Bonchev–Trinajstić information content (AvgIpc) is 3.30. The van der Waals surface area contributed by atoms with Crippen molar-refractivity contribution >= 4 is 28.2 Å². The van der Waals surface area contributed by atoms with Crippen LogP contribution in [0, 0.1) is 0 Å². The first kappa shape index (κ1) is 20.0. The molecular weight excluding hydrogens is 408 g/mol. The Morgan fingerprint density at radius 1 is 1.37 bits per heavy atom. The number of carbonyl (C=O) groups is 2. The van der Waals surface area contributed by atoms with Crippen molar-refractivity contribution in [3.8, 4) is 5.95 Å². The van der Waals surface area contributed by atoms with Crippen LogP contribution >= 0.6 is 11.3 Å². The van der Waals surface area contributed by atoms with Crippen LogP contribution in [0.25, 0.3) is 0 Å². The van der Waals surface area contributed by atoms with Crippen LogP contribution < -0.4 is 15.1 Å². The van der Waals surface area contributed by atoms with Gasteiger partial charge in [-0.2, -0.15) is 0 Å². The van der Waals surface area contributed by atoms with Crippen molar-refractivity contribution in [2.24, 2.45) is 0 Å². The lowest BCUT2D eigenvalue weighted by molar-refractivity contribution is -0.750. The number of esters is 1. The summed E-state index contributed by atoms with van der Waals surface area (Å²) in [5.41, 5.74) is 2.55. The maximum Gasteiger partial charge on any atom is 0.341 e. The summed E-state index contributed by atoms with van der Waals surface area (Å²) in [6.45, 7) is 2.10. The van der Waals surface area contributed by atoms with E-state index >= 15 is 0 Å². The second-order valence-electron chi connectivity index (χ2n) is 6.91. The van der Waals surface area contributed by atoms with Crippen LogP contribution in [0.1, 0.15) is 26.4 Å². The molecule has 0 radical (unpaired) electrons. The van der Waals surface area contributed by atoms with Crippen molar-refractivity contribution in [2.75, 3.05) is 19.0 Å². The maximum absolute atomic E-state index is 12.4. The van der Waals surface area contributed by atoms with Gasteiger partial charge in [0.2, 0.25) is 6.20 Å². The normalized spacial score (nSPS) is 13.6. The lowest BCUT2D eigenvalue weighted by atomic mass is 10.0. The molecule has 0 unspecified atom stereocenters. The molecule has 156 valence electrons. The van der Waals surface area contributed by atoms with Crippen LogP contribution in [0.3, 0.4) is 0 Å². The summed E-state index contributed by atoms with van der Waals surface area (Å²) < 4.78 is 10.5. The number of ether oxygens (including phenoxy) is 1. The number of nitrogens with zero attached hydrogens (tertiary/aromatic N) is 3. The molecule has 0 atom stereocenters. The van der Waals surface area contributed by atoms with Crippen molar-refractivity contribution in [3.05, 3.63) is 58.1 Å². The molecule has 1 amide bonds. The van der Waals surface area contributed by atoms with Crippen molar-refractivity contribution in [1.29, 1.82) is 0 Å². The van der Waals surface area contributed by atoms with E-state index in [1.165, 1.54) is 24.0 Å². The number of amides is 1. The third-order valence-corrected chi connectivity index (χ3v) is 5.96. The Balaban J connectivity index is 1.53. The molecule has 3 aromatic rings. The number of fused-ring (bicyclic) bond motifs is 1. The Morgan fingerprint density at radius 2 is 2.17 bits per heavy atom. The smallest absolute Gasteiger partial charge is 0.341 e. The van der Waals surface area contributed by atoms with Gasteiger partial charge in [0.15, 0.2) is 0 Å². The number of hydrogen-bond acceptors (Lipinski definition) is 8. The fourth-order valence-corrected chi connectivity index (χ4v) is 4.78. The van der Waals surface area contributed by atoms with Crippen LogP contribution in [0.2, 0.25) is 0 Å². The first-order chi connectivity index (χ1) is 14.5. The van der Waals surface area contributed by atoms with Gasteiger partial charge in [0.25, 0.3) is 12.5 Å². The second-order valence-corrected chi connectivity index (χ2v) is 8.02. The van der Waals surface area contributed by atoms with Crippen molar-refractivity contribution in [3.63, 3.8) is 0 Å². The zero-order valence-electron chi connectivity index (χ0n) is 16.3. The van der Waals surface area contributed by atoms with Gasteiger partial charge in [-0.15, -0.1) is 11.3 Å². The third-order valence-electron chi connectivity index (χ3n) is 4.82. The monoisotopic (exact) mass is 428 g/mol. The first-order valence-electron chi connectivity index (χ1n) is 9.36. The average molecular weight is 428 g/mol. The van der Waals surface area contributed by atoms with E-state index < -0.39 is 17.8 Å². The van der Waals surface area contributed by atoms with Crippen LogP contribution in [0.15, 0.2) is 41.1 Å². The summed E-state index contributed by atoms with van der Waals surface area (Å²) in [5.74, 6) is -1.53. The molecule has 0 fully saturated rings. The number of benzene rings is 1. The van der Waals surface area contributed by atoms with Gasteiger partial charge in [0.1, 0.15) is 10.9 Å². The van der Waals surface area contributed by atoms with E-state index in [0.29, 0.717) is 23.5 Å². The number of thiophene rings is 1. The van der Waals surface area contributed by atoms with Gasteiger partial charge in [-0.25, -0.2) is 4.79 Å². The number of aromatic nitrogens is 2. The van der Waals surface area contributed by atoms with Gasteiger partial charge in [0, 0.05) is 24.5 Å². The molecule has 0 spiro atoms. The van der Waals surface area contributed by atoms with Gasteiger partial charge in [-0.1, -0.05) is 35.0 Å². The molecule has 2 aromatic heterocycles. The molecule has 1 aromatic carbocycles. The summed E-state index contributed by atoms with van der Waals surface area (Å²) in [5, 5.41) is 17.7. The minimum Gasteiger partial charge on any atom is -0.539 e. The zero-order chi connectivity index (χ0) is 21.1. The second kappa shape index (κ2) is 8.64. The number of methoxy groups -OCH3 is 1. The summed E-state index contributed by atoms with van der Waals surface area (Å²) >= 11 is 1.37. The summed E-state index contributed by atoms with van der Waals surface area (Å²) in [4.78, 5) is 28.2. The van der Waals surface area contributed by atoms with Gasteiger partial charge >= 0.3 is 5.97 Å². The first-order valence-corrected chi connectivity index (χ1v) is 10.2. The minimum atomic E-state index is -0.636. The fraction of sp³-hybridized carbons (Fsp3) is 0.300. The van der Waals surface area contributed by atoms with Gasteiger partial charge < -0.3 is 19.7 Å². The van der Waals surface area contributed by atoms with Gasteiger partial charge in [-0.3, -0.25) is 9.69 Å². The molecule has 9 nitrogen and oxygen atoms in total.